The average Bonchev–Trinajstić information content (AvgIpc) is 2.38. The Morgan fingerprint density at radius 1 is 1.45 bits per heavy atom. The van der Waals surface area contributed by atoms with Crippen molar-refractivity contribution in [1.29, 1.82) is 0 Å². The van der Waals surface area contributed by atoms with Crippen molar-refractivity contribution in [2.24, 2.45) is 5.73 Å². The number of nitrogens with two attached hydrogens (primary N) is 1. The number of hydrogen-bond donors (Lipinski definition) is 1. The maximum atomic E-state index is 5.38. The predicted molar refractivity (Wildman–Crippen MR) is 49.9 cm³/mol. The van der Waals surface area contributed by atoms with Gasteiger partial charge in [-0.25, -0.2) is 0 Å². The largest absolute Gasteiger partial charge is 0.330 e. The van der Waals surface area contributed by atoms with E-state index in [-0.39, 0.29) is 0 Å². The minimum absolute atomic E-state index is 0.661. The minimum Gasteiger partial charge on any atom is -0.330 e. The van der Waals surface area contributed by atoms with Crippen LogP contribution in [-0.2, 0) is 12.2 Å². The number of thioether (sulfide) groups is 1. The van der Waals surface area contributed by atoms with Crippen LogP contribution in [0.2, 0.25) is 0 Å². The van der Waals surface area contributed by atoms with Gasteiger partial charge < -0.3 is 5.73 Å². The van der Waals surface area contributed by atoms with Crippen LogP contribution in [0.1, 0.15) is 10.0 Å². The first-order valence-electron chi connectivity index (χ1n) is 3.37. The first-order chi connectivity index (χ1) is 5.36. The smallest absolute Gasteiger partial charge is 0.127 e. The normalized spacial score (nSPS) is 10.4. The zero-order valence-electron chi connectivity index (χ0n) is 6.41. The Bertz CT molecular complexity index is 191. The van der Waals surface area contributed by atoms with Crippen LogP contribution >= 0.6 is 23.1 Å². The van der Waals surface area contributed by atoms with Crippen molar-refractivity contribution in [1.82, 2.24) is 10.2 Å². The Balaban J connectivity index is 2.51. The van der Waals surface area contributed by atoms with E-state index in [9.17, 15) is 0 Å². The summed E-state index contributed by atoms with van der Waals surface area (Å²) >= 11 is 3.42. The van der Waals surface area contributed by atoms with E-state index in [2.05, 4.69) is 16.5 Å². The van der Waals surface area contributed by atoms with Crippen molar-refractivity contribution in [3.05, 3.63) is 10.0 Å². The first kappa shape index (κ1) is 8.96. The van der Waals surface area contributed by atoms with Crippen molar-refractivity contribution >= 4 is 23.1 Å². The molecule has 0 unspecified atom stereocenters. The van der Waals surface area contributed by atoms with Crippen molar-refractivity contribution < 1.29 is 0 Å². The van der Waals surface area contributed by atoms with E-state index < -0.39 is 0 Å². The predicted octanol–water partition coefficient (Wildman–Crippen LogP) is 0.902. The molecule has 62 valence electrons. The summed E-state index contributed by atoms with van der Waals surface area (Å²) in [6.07, 6.45) is 2.91. The number of rotatable bonds is 4. The Hall–Kier alpha value is -0.130. The highest BCUT2D eigenvalue weighted by Crippen LogP contribution is 2.14. The number of hydrogen-bond acceptors (Lipinski definition) is 5. The van der Waals surface area contributed by atoms with Crippen LogP contribution in [-0.4, -0.2) is 23.0 Å². The third kappa shape index (κ3) is 2.76. The van der Waals surface area contributed by atoms with Crippen LogP contribution in [0.4, 0.5) is 0 Å². The maximum absolute atomic E-state index is 5.38. The quantitative estimate of drug-likeness (QED) is 0.764. The second kappa shape index (κ2) is 4.69. The SMILES string of the molecule is CSCc1nnc(CCN)s1. The van der Waals surface area contributed by atoms with Crippen molar-refractivity contribution in [2.75, 3.05) is 12.8 Å². The van der Waals surface area contributed by atoms with Crippen molar-refractivity contribution in [3.63, 3.8) is 0 Å². The third-order valence-corrected chi connectivity index (χ3v) is 2.86. The molecule has 0 aliphatic heterocycles. The zero-order chi connectivity index (χ0) is 8.10. The lowest BCUT2D eigenvalue weighted by molar-refractivity contribution is 0.904. The third-order valence-electron chi connectivity index (χ3n) is 1.13. The lowest BCUT2D eigenvalue weighted by Gasteiger charge is -1.86. The van der Waals surface area contributed by atoms with Gasteiger partial charge in [-0.05, 0) is 12.8 Å². The topological polar surface area (TPSA) is 51.8 Å². The summed E-state index contributed by atoms with van der Waals surface area (Å²) in [6, 6.07) is 0. The Labute approximate surface area is 74.4 Å². The summed E-state index contributed by atoms with van der Waals surface area (Å²) in [5.74, 6) is 0.961. The van der Waals surface area contributed by atoms with E-state index in [4.69, 9.17) is 5.73 Å². The monoisotopic (exact) mass is 189 g/mol. The molecule has 0 fully saturated rings. The van der Waals surface area contributed by atoms with Gasteiger partial charge in [0.05, 0.1) is 0 Å². The molecule has 1 heterocycles. The highest BCUT2D eigenvalue weighted by Gasteiger charge is 2.01. The summed E-state index contributed by atoms with van der Waals surface area (Å²) < 4.78 is 0. The van der Waals surface area contributed by atoms with E-state index in [0.717, 1.165) is 22.2 Å². The van der Waals surface area contributed by atoms with Crippen LogP contribution in [0.3, 0.4) is 0 Å². The fourth-order valence-electron chi connectivity index (χ4n) is 0.695. The summed E-state index contributed by atoms with van der Waals surface area (Å²) in [5, 5.41) is 10.2. The summed E-state index contributed by atoms with van der Waals surface area (Å²) in [5.41, 5.74) is 5.38. The molecule has 0 spiro atoms. The van der Waals surface area contributed by atoms with Crippen LogP contribution in [0.15, 0.2) is 0 Å². The van der Waals surface area contributed by atoms with Crippen LogP contribution in [0, 0.1) is 0 Å². The molecule has 0 bridgehead atoms. The van der Waals surface area contributed by atoms with Crippen LogP contribution in [0.5, 0.6) is 0 Å². The van der Waals surface area contributed by atoms with Gasteiger partial charge in [-0.3, -0.25) is 0 Å². The van der Waals surface area contributed by atoms with Gasteiger partial charge in [0.1, 0.15) is 10.0 Å². The molecule has 2 N–H and O–H groups in total. The summed E-state index contributed by atoms with van der Waals surface area (Å²) in [7, 11) is 0. The van der Waals surface area contributed by atoms with E-state index >= 15 is 0 Å². The Morgan fingerprint density at radius 2 is 2.18 bits per heavy atom. The minimum atomic E-state index is 0.661. The van der Waals surface area contributed by atoms with Gasteiger partial charge in [0.2, 0.25) is 0 Å². The highest BCUT2D eigenvalue weighted by molar-refractivity contribution is 7.97. The Kier molecular flexibility index (Phi) is 3.82. The molecule has 0 saturated heterocycles. The molecule has 1 aromatic rings. The molecule has 0 aromatic carbocycles. The number of nitrogens with zero attached hydrogens (tertiary/aromatic N) is 2. The molecular weight excluding hydrogens is 178 g/mol. The van der Waals surface area contributed by atoms with Gasteiger partial charge in [0.25, 0.3) is 0 Å². The lowest BCUT2D eigenvalue weighted by atomic mass is 10.5. The highest BCUT2D eigenvalue weighted by atomic mass is 32.2. The second-order valence-corrected chi connectivity index (χ2v) is 4.07. The van der Waals surface area contributed by atoms with E-state index in [1.807, 2.05) is 0 Å². The maximum Gasteiger partial charge on any atom is 0.127 e. The van der Waals surface area contributed by atoms with Crippen LogP contribution in [0.25, 0.3) is 0 Å². The fourth-order valence-corrected chi connectivity index (χ4v) is 2.24. The molecule has 3 nitrogen and oxygen atoms in total. The average molecular weight is 189 g/mol. The Morgan fingerprint density at radius 3 is 2.82 bits per heavy atom. The standard InChI is InChI=1S/C6H11N3S2/c1-10-4-6-9-8-5(11-6)2-3-7/h2-4,7H2,1H3. The molecule has 0 saturated carbocycles. The van der Waals surface area contributed by atoms with Gasteiger partial charge in [0.15, 0.2) is 0 Å². The molecule has 0 atom stereocenters. The molecule has 11 heavy (non-hydrogen) atoms. The van der Waals surface area contributed by atoms with Gasteiger partial charge in [-0.1, -0.05) is 0 Å². The molecule has 0 amide bonds. The molecule has 0 aliphatic carbocycles. The second-order valence-electron chi connectivity index (χ2n) is 2.06. The molecular formula is C6H11N3S2. The lowest BCUT2D eigenvalue weighted by Crippen LogP contribution is -2.01. The van der Waals surface area contributed by atoms with Gasteiger partial charge in [0, 0.05) is 12.2 Å². The van der Waals surface area contributed by atoms with E-state index in [0.29, 0.717) is 6.54 Å². The van der Waals surface area contributed by atoms with Crippen LogP contribution < -0.4 is 5.73 Å². The molecule has 1 rings (SSSR count). The van der Waals surface area contributed by atoms with Crippen molar-refractivity contribution in [3.8, 4) is 0 Å². The molecule has 1 aromatic heterocycles. The molecule has 0 aliphatic rings. The number of aromatic nitrogens is 2. The summed E-state index contributed by atoms with van der Waals surface area (Å²) in [4.78, 5) is 0. The fraction of sp³-hybridized carbons (Fsp3) is 0.667. The van der Waals surface area contributed by atoms with E-state index in [1.54, 1.807) is 23.1 Å². The van der Waals surface area contributed by atoms with Gasteiger partial charge >= 0.3 is 0 Å². The first-order valence-corrected chi connectivity index (χ1v) is 5.58. The van der Waals surface area contributed by atoms with E-state index in [1.165, 1.54) is 0 Å². The zero-order valence-corrected chi connectivity index (χ0v) is 8.04. The van der Waals surface area contributed by atoms with Gasteiger partial charge in [-0.2, -0.15) is 11.8 Å². The van der Waals surface area contributed by atoms with Crippen molar-refractivity contribution in [2.45, 2.75) is 12.2 Å². The summed E-state index contributed by atoms with van der Waals surface area (Å²) in [6.45, 7) is 0.661. The van der Waals surface area contributed by atoms with Gasteiger partial charge in [-0.15, -0.1) is 21.5 Å². The molecule has 0 radical (unpaired) electrons. The molecule has 5 heteroatoms.